The molecule has 0 radical (unpaired) electrons. The van der Waals surface area contributed by atoms with Crippen LogP contribution >= 0.6 is 27.5 Å². The zero-order valence-electron chi connectivity index (χ0n) is 9.13. The van der Waals surface area contributed by atoms with E-state index in [0.717, 1.165) is 21.6 Å². The van der Waals surface area contributed by atoms with Gasteiger partial charge in [-0.2, -0.15) is 5.10 Å². The zero-order chi connectivity index (χ0) is 12.3. The highest BCUT2D eigenvalue weighted by molar-refractivity contribution is 9.10. The van der Waals surface area contributed by atoms with Crippen molar-refractivity contribution < 1.29 is 4.74 Å². The van der Waals surface area contributed by atoms with E-state index in [0.29, 0.717) is 11.6 Å². The molecule has 0 saturated carbocycles. The molecule has 4 nitrogen and oxygen atoms in total. The monoisotopic (exact) mass is 315 g/mol. The molecular weight excluding hydrogens is 305 g/mol. The molecule has 17 heavy (non-hydrogen) atoms. The number of benzene rings is 1. The summed E-state index contributed by atoms with van der Waals surface area (Å²) in [7, 11) is 1.62. The Morgan fingerprint density at radius 1 is 1.53 bits per heavy atom. The van der Waals surface area contributed by atoms with Gasteiger partial charge in [0.1, 0.15) is 0 Å². The molecule has 0 bridgehead atoms. The van der Waals surface area contributed by atoms with Crippen LogP contribution in [0.5, 0.6) is 5.75 Å². The largest absolute Gasteiger partial charge is 0.493 e. The predicted octanol–water partition coefficient (Wildman–Crippen LogP) is 3.45. The molecule has 1 aromatic heterocycles. The van der Waals surface area contributed by atoms with E-state index in [1.54, 1.807) is 19.4 Å². The SMILES string of the molecule is COc1c(Br)cc(Cl)cc1NCc1ccn[nH]1. The summed E-state index contributed by atoms with van der Waals surface area (Å²) < 4.78 is 6.13. The number of hydrogen-bond acceptors (Lipinski definition) is 3. The number of nitrogens with one attached hydrogen (secondary N) is 2. The number of hydrogen-bond donors (Lipinski definition) is 2. The van der Waals surface area contributed by atoms with Crippen LogP contribution in [0.2, 0.25) is 5.02 Å². The number of nitrogens with zero attached hydrogens (tertiary/aromatic N) is 1. The number of methoxy groups -OCH3 is 1. The number of ether oxygens (including phenoxy) is 1. The van der Waals surface area contributed by atoms with Crippen molar-refractivity contribution in [1.82, 2.24) is 10.2 Å². The first-order chi connectivity index (χ1) is 8.20. The fourth-order valence-corrected chi connectivity index (χ4v) is 2.44. The first kappa shape index (κ1) is 12.3. The molecule has 0 fully saturated rings. The van der Waals surface area contributed by atoms with Crippen LogP contribution in [0.3, 0.4) is 0 Å². The minimum absolute atomic E-state index is 0.628. The maximum Gasteiger partial charge on any atom is 0.156 e. The van der Waals surface area contributed by atoms with Crippen molar-refractivity contribution in [2.45, 2.75) is 6.54 Å². The van der Waals surface area contributed by atoms with Crippen LogP contribution < -0.4 is 10.1 Å². The topological polar surface area (TPSA) is 49.9 Å². The third-order valence-corrected chi connectivity index (χ3v) is 3.05. The summed E-state index contributed by atoms with van der Waals surface area (Å²) in [6.07, 6.45) is 1.71. The first-order valence-electron chi connectivity index (χ1n) is 4.96. The van der Waals surface area contributed by atoms with E-state index in [2.05, 4.69) is 31.4 Å². The van der Waals surface area contributed by atoms with Crippen molar-refractivity contribution in [3.05, 3.63) is 39.6 Å². The maximum atomic E-state index is 5.99. The van der Waals surface area contributed by atoms with Crippen LogP contribution in [-0.2, 0) is 6.54 Å². The van der Waals surface area contributed by atoms with Gasteiger partial charge < -0.3 is 10.1 Å². The lowest BCUT2D eigenvalue weighted by atomic mass is 10.3. The Morgan fingerprint density at radius 2 is 2.35 bits per heavy atom. The third-order valence-electron chi connectivity index (χ3n) is 2.24. The van der Waals surface area contributed by atoms with Crippen LogP contribution in [-0.4, -0.2) is 17.3 Å². The molecule has 2 rings (SSSR count). The van der Waals surface area contributed by atoms with Gasteiger partial charge in [0.15, 0.2) is 5.75 Å². The highest BCUT2D eigenvalue weighted by Gasteiger charge is 2.09. The molecule has 90 valence electrons. The van der Waals surface area contributed by atoms with Crippen molar-refractivity contribution >= 4 is 33.2 Å². The van der Waals surface area contributed by atoms with E-state index in [1.165, 1.54) is 0 Å². The summed E-state index contributed by atoms with van der Waals surface area (Å²) in [6.45, 7) is 0.628. The Bertz CT molecular complexity index is 502. The molecule has 0 spiro atoms. The Hall–Kier alpha value is -1.20. The lowest BCUT2D eigenvalue weighted by Gasteiger charge is -2.12. The van der Waals surface area contributed by atoms with Gasteiger partial charge in [0, 0.05) is 11.2 Å². The van der Waals surface area contributed by atoms with Crippen LogP contribution in [0.25, 0.3) is 0 Å². The molecular formula is C11H11BrClN3O. The summed E-state index contributed by atoms with van der Waals surface area (Å²) in [5.41, 5.74) is 1.82. The average molecular weight is 317 g/mol. The summed E-state index contributed by atoms with van der Waals surface area (Å²) in [6, 6.07) is 5.52. The van der Waals surface area contributed by atoms with E-state index in [4.69, 9.17) is 16.3 Å². The van der Waals surface area contributed by atoms with Gasteiger partial charge in [-0.25, -0.2) is 0 Å². The smallest absolute Gasteiger partial charge is 0.156 e. The highest BCUT2D eigenvalue weighted by atomic mass is 79.9. The van der Waals surface area contributed by atoms with E-state index >= 15 is 0 Å². The van der Waals surface area contributed by atoms with Gasteiger partial charge in [0.25, 0.3) is 0 Å². The fraction of sp³-hybridized carbons (Fsp3) is 0.182. The van der Waals surface area contributed by atoms with Gasteiger partial charge in [-0.05, 0) is 34.1 Å². The zero-order valence-corrected chi connectivity index (χ0v) is 11.5. The van der Waals surface area contributed by atoms with Crippen LogP contribution in [0.1, 0.15) is 5.69 Å². The van der Waals surface area contributed by atoms with Crippen molar-refractivity contribution in [2.75, 3.05) is 12.4 Å². The average Bonchev–Trinajstić information content (AvgIpc) is 2.78. The second-order valence-corrected chi connectivity index (χ2v) is 4.69. The second kappa shape index (κ2) is 5.42. The molecule has 1 aromatic carbocycles. The van der Waals surface area contributed by atoms with Crippen LogP contribution in [0, 0.1) is 0 Å². The maximum absolute atomic E-state index is 5.99. The van der Waals surface area contributed by atoms with Crippen molar-refractivity contribution in [2.24, 2.45) is 0 Å². The minimum Gasteiger partial charge on any atom is -0.493 e. The summed E-state index contributed by atoms with van der Waals surface area (Å²) in [5.74, 6) is 0.730. The Kier molecular flexibility index (Phi) is 3.91. The van der Waals surface area contributed by atoms with Crippen LogP contribution in [0.4, 0.5) is 5.69 Å². The van der Waals surface area contributed by atoms with E-state index in [-0.39, 0.29) is 0 Å². The van der Waals surface area contributed by atoms with Crippen molar-refractivity contribution in [1.29, 1.82) is 0 Å². The standard InChI is InChI=1S/C11H11BrClN3O/c1-17-11-9(12)4-7(13)5-10(11)14-6-8-2-3-15-16-8/h2-5,14H,6H2,1H3,(H,15,16). The van der Waals surface area contributed by atoms with Gasteiger partial charge in [0.05, 0.1) is 29.5 Å². The molecule has 2 N–H and O–H groups in total. The molecule has 0 aliphatic carbocycles. The molecule has 0 atom stereocenters. The molecule has 0 amide bonds. The Balaban J connectivity index is 2.19. The molecule has 0 aliphatic heterocycles. The summed E-state index contributed by atoms with van der Waals surface area (Å²) >= 11 is 9.40. The van der Waals surface area contributed by atoms with Crippen LogP contribution in [0.15, 0.2) is 28.9 Å². The normalized spacial score (nSPS) is 10.3. The van der Waals surface area contributed by atoms with Gasteiger partial charge in [0.2, 0.25) is 0 Å². The quantitative estimate of drug-likeness (QED) is 0.908. The number of H-pyrrole nitrogens is 1. The van der Waals surface area contributed by atoms with E-state index in [9.17, 15) is 0 Å². The van der Waals surface area contributed by atoms with Gasteiger partial charge in [-0.15, -0.1) is 0 Å². The first-order valence-corrected chi connectivity index (χ1v) is 6.13. The Morgan fingerprint density at radius 3 is 3.00 bits per heavy atom. The van der Waals surface area contributed by atoms with Crippen molar-refractivity contribution in [3.8, 4) is 5.75 Å². The van der Waals surface area contributed by atoms with Gasteiger partial charge in [-0.3, -0.25) is 5.10 Å². The third kappa shape index (κ3) is 2.92. The van der Waals surface area contributed by atoms with Crippen molar-refractivity contribution in [3.63, 3.8) is 0 Å². The lowest BCUT2D eigenvalue weighted by Crippen LogP contribution is -2.02. The number of aromatic nitrogens is 2. The Labute approximate surface area is 112 Å². The van der Waals surface area contributed by atoms with E-state index < -0.39 is 0 Å². The van der Waals surface area contributed by atoms with Gasteiger partial charge >= 0.3 is 0 Å². The fourth-order valence-electron chi connectivity index (χ4n) is 1.47. The minimum atomic E-state index is 0.628. The molecule has 2 aromatic rings. The van der Waals surface area contributed by atoms with Gasteiger partial charge in [-0.1, -0.05) is 11.6 Å². The van der Waals surface area contributed by atoms with E-state index in [1.807, 2.05) is 12.1 Å². The lowest BCUT2D eigenvalue weighted by molar-refractivity contribution is 0.414. The molecule has 0 unspecified atom stereocenters. The second-order valence-electron chi connectivity index (χ2n) is 3.40. The number of halogens is 2. The predicted molar refractivity (Wildman–Crippen MR) is 71.6 cm³/mol. The summed E-state index contributed by atoms with van der Waals surface area (Å²) in [5, 5.41) is 10.6. The molecule has 6 heteroatoms. The number of aromatic amines is 1. The number of anilines is 1. The number of rotatable bonds is 4. The molecule has 0 saturated heterocycles. The molecule has 0 aliphatic rings. The molecule has 1 heterocycles. The highest BCUT2D eigenvalue weighted by Crippen LogP contribution is 2.36. The summed E-state index contributed by atoms with van der Waals surface area (Å²) in [4.78, 5) is 0.